The third-order valence-corrected chi connectivity index (χ3v) is 5.95. The first-order valence-corrected chi connectivity index (χ1v) is 9.94. The lowest BCUT2D eigenvalue weighted by Gasteiger charge is -2.33. The van der Waals surface area contributed by atoms with E-state index in [1.165, 1.54) is 24.1 Å². The zero-order chi connectivity index (χ0) is 19.0. The van der Waals surface area contributed by atoms with Crippen molar-refractivity contribution in [3.8, 4) is 0 Å². The van der Waals surface area contributed by atoms with Crippen LogP contribution in [0.1, 0.15) is 58.7 Å². The summed E-state index contributed by atoms with van der Waals surface area (Å²) in [5.41, 5.74) is 4.94. The van der Waals surface area contributed by atoms with Gasteiger partial charge in [0.1, 0.15) is 0 Å². The molecule has 3 heterocycles. The molecule has 2 aliphatic rings. The van der Waals surface area contributed by atoms with Gasteiger partial charge in [0.15, 0.2) is 5.82 Å². The molecule has 144 valence electrons. The topological polar surface area (TPSA) is 75.9 Å². The van der Waals surface area contributed by atoms with Crippen molar-refractivity contribution >= 4 is 11.7 Å². The van der Waals surface area contributed by atoms with Crippen molar-refractivity contribution in [1.29, 1.82) is 0 Å². The monoisotopic (exact) mass is 368 g/mol. The van der Waals surface area contributed by atoms with Gasteiger partial charge in [-0.1, -0.05) is 0 Å². The maximum atomic E-state index is 12.7. The second-order valence-corrected chi connectivity index (χ2v) is 7.79. The molecule has 4 rings (SSSR count). The van der Waals surface area contributed by atoms with Gasteiger partial charge in [0.05, 0.1) is 17.0 Å². The molecule has 1 amide bonds. The highest BCUT2D eigenvalue weighted by atomic mass is 16.1. The molecule has 0 aromatic carbocycles. The van der Waals surface area contributed by atoms with E-state index in [0.717, 1.165) is 56.0 Å². The van der Waals surface area contributed by atoms with Gasteiger partial charge in [-0.25, -0.2) is 0 Å². The Labute approximate surface area is 160 Å². The number of aromatic nitrogens is 4. The minimum Gasteiger partial charge on any atom is -0.355 e. The van der Waals surface area contributed by atoms with Crippen molar-refractivity contribution in [3.05, 3.63) is 34.3 Å². The van der Waals surface area contributed by atoms with Crippen LogP contribution in [0.3, 0.4) is 0 Å². The molecule has 7 heteroatoms. The Morgan fingerprint density at radius 2 is 1.89 bits per heavy atom. The van der Waals surface area contributed by atoms with Crippen LogP contribution in [0, 0.1) is 13.8 Å². The van der Waals surface area contributed by atoms with Crippen LogP contribution in [0.5, 0.6) is 0 Å². The summed E-state index contributed by atoms with van der Waals surface area (Å²) in [4.78, 5) is 15.0. The van der Waals surface area contributed by atoms with E-state index >= 15 is 0 Å². The first-order valence-electron chi connectivity index (χ1n) is 9.94. The van der Waals surface area contributed by atoms with Crippen molar-refractivity contribution in [3.63, 3.8) is 0 Å². The summed E-state index contributed by atoms with van der Waals surface area (Å²) in [5, 5.41) is 16.4. The third kappa shape index (κ3) is 3.55. The van der Waals surface area contributed by atoms with Crippen LogP contribution in [0.15, 0.2) is 6.07 Å². The molecule has 1 aliphatic carbocycles. The largest absolute Gasteiger partial charge is 0.355 e. The van der Waals surface area contributed by atoms with E-state index in [2.05, 4.69) is 31.6 Å². The molecule has 1 saturated heterocycles. The molecule has 2 aromatic rings. The standard InChI is InChI=1S/C20H28N6O/c1-13-19(14(2)25(3)24-13)20(27)21-16-8-10-26(11-9-16)18-12-15-6-4-5-7-17(15)22-23-18/h12,16H,4-11H2,1-3H3,(H,21,27). The number of nitrogens with one attached hydrogen (secondary N) is 1. The van der Waals surface area contributed by atoms with Gasteiger partial charge in [-0.15, -0.1) is 5.10 Å². The van der Waals surface area contributed by atoms with Crippen LogP contribution in [-0.2, 0) is 19.9 Å². The average molecular weight is 368 g/mol. The predicted octanol–water partition coefficient (Wildman–Crippen LogP) is 2.10. The minimum atomic E-state index is -0.00915. The first-order chi connectivity index (χ1) is 13.0. The first kappa shape index (κ1) is 17.9. The fraction of sp³-hybridized carbons (Fsp3) is 0.600. The van der Waals surface area contributed by atoms with Crippen LogP contribution in [0.25, 0.3) is 0 Å². The van der Waals surface area contributed by atoms with Crippen molar-refractivity contribution in [2.45, 2.75) is 58.4 Å². The zero-order valence-corrected chi connectivity index (χ0v) is 16.5. The van der Waals surface area contributed by atoms with Gasteiger partial charge in [-0.05, 0) is 64.0 Å². The lowest BCUT2D eigenvalue weighted by molar-refractivity contribution is 0.0929. The zero-order valence-electron chi connectivity index (χ0n) is 16.5. The Morgan fingerprint density at radius 1 is 1.15 bits per heavy atom. The van der Waals surface area contributed by atoms with Gasteiger partial charge in [0, 0.05) is 31.9 Å². The number of rotatable bonds is 3. The molecule has 0 saturated carbocycles. The molecule has 2 aromatic heterocycles. The fourth-order valence-electron chi connectivity index (χ4n) is 4.25. The van der Waals surface area contributed by atoms with Crippen LogP contribution in [0.2, 0.25) is 0 Å². The normalized spacial score (nSPS) is 17.7. The quantitative estimate of drug-likeness (QED) is 0.898. The highest BCUT2D eigenvalue weighted by molar-refractivity contribution is 5.96. The molecule has 0 unspecified atom stereocenters. The summed E-state index contributed by atoms with van der Waals surface area (Å²) < 4.78 is 1.77. The highest BCUT2D eigenvalue weighted by Crippen LogP contribution is 2.24. The molecule has 1 fully saturated rings. The molecule has 1 N–H and O–H groups in total. The number of amides is 1. The molecule has 0 radical (unpaired) electrons. The number of carbonyl (C=O) groups is 1. The van der Waals surface area contributed by atoms with E-state index in [4.69, 9.17) is 0 Å². The number of hydrogen-bond donors (Lipinski definition) is 1. The summed E-state index contributed by atoms with van der Waals surface area (Å²) in [6, 6.07) is 2.42. The Morgan fingerprint density at radius 3 is 2.59 bits per heavy atom. The third-order valence-electron chi connectivity index (χ3n) is 5.95. The lowest BCUT2D eigenvalue weighted by Crippen LogP contribution is -2.45. The lowest BCUT2D eigenvalue weighted by atomic mass is 9.96. The summed E-state index contributed by atoms with van der Waals surface area (Å²) in [7, 11) is 1.87. The van der Waals surface area contributed by atoms with E-state index in [1.807, 2.05) is 20.9 Å². The summed E-state index contributed by atoms with van der Waals surface area (Å²) in [6.45, 7) is 5.61. The molecule has 0 bridgehead atoms. The molecule has 0 atom stereocenters. The summed E-state index contributed by atoms with van der Waals surface area (Å²) in [6.07, 6.45) is 6.49. The number of piperidine rings is 1. The van der Waals surface area contributed by atoms with Gasteiger partial charge in [0.2, 0.25) is 0 Å². The van der Waals surface area contributed by atoms with E-state index in [1.54, 1.807) is 4.68 Å². The second kappa shape index (κ2) is 7.29. The Balaban J connectivity index is 1.37. The number of carbonyl (C=O) groups excluding carboxylic acids is 1. The molecule has 0 spiro atoms. The summed E-state index contributed by atoms with van der Waals surface area (Å²) in [5.74, 6) is 0.976. The highest BCUT2D eigenvalue weighted by Gasteiger charge is 2.25. The van der Waals surface area contributed by atoms with Gasteiger partial charge in [0.25, 0.3) is 5.91 Å². The molecular formula is C20H28N6O. The van der Waals surface area contributed by atoms with E-state index in [0.29, 0.717) is 5.56 Å². The van der Waals surface area contributed by atoms with Crippen LogP contribution >= 0.6 is 0 Å². The Bertz CT molecular complexity index is 850. The van der Waals surface area contributed by atoms with Crippen molar-refractivity contribution in [2.75, 3.05) is 18.0 Å². The van der Waals surface area contributed by atoms with Crippen LogP contribution in [0.4, 0.5) is 5.82 Å². The molecule has 7 nitrogen and oxygen atoms in total. The van der Waals surface area contributed by atoms with Crippen molar-refractivity contribution in [2.24, 2.45) is 7.05 Å². The Kier molecular flexibility index (Phi) is 4.85. The smallest absolute Gasteiger partial charge is 0.255 e. The van der Waals surface area contributed by atoms with E-state index in [-0.39, 0.29) is 11.9 Å². The van der Waals surface area contributed by atoms with Gasteiger partial charge < -0.3 is 10.2 Å². The second-order valence-electron chi connectivity index (χ2n) is 7.79. The number of anilines is 1. The fourth-order valence-corrected chi connectivity index (χ4v) is 4.25. The number of aryl methyl sites for hydroxylation is 4. The summed E-state index contributed by atoms with van der Waals surface area (Å²) >= 11 is 0. The van der Waals surface area contributed by atoms with E-state index < -0.39 is 0 Å². The average Bonchev–Trinajstić information content (AvgIpc) is 2.93. The minimum absolute atomic E-state index is 0.00915. The van der Waals surface area contributed by atoms with Gasteiger partial charge in [-0.3, -0.25) is 9.48 Å². The van der Waals surface area contributed by atoms with Gasteiger partial charge in [-0.2, -0.15) is 10.2 Å². The molecule has 1 aliphatic heterocycles. The Hall–Kier alpha value is -2.44. The molecular weight excluding hydrogens is 340 g/mol. The van der Waals surface area contributed by atoms with Crippen LogP contribution < -0.4 is 10.2 Å². The van der Waals surface area contributed by atoms with Crippen molar-refractivity contribution in [1.82, 2.24) is 25.3 Å². The SMILES string of the molecule is Cc1nn(C)c(C)c1C(=O)NC1CCN(c2cc3c(nn2)CCCC3)CC1. The number of hydrogen-bond acceptors (Lipinski definition) is 5. The van der Waals surface area contributed by atoms with Gasteiger partial charge >= 0.3 is 0 Å². The number of nitrogens with zero attached hydrogens (tertiary/aromatic N) is 5. The van der Waals surface area contributed by atoms with Crippen LogP contribution in [-0.4, -0.2) is 45.0 Å². The van der Waals surface area contributed by atoms with Crippen molar-refractivity contribution < 1.29 is 4.79 Å². The maximum absolute atomic E-state index is 12.7. The predicted molar refractivity (Wildman–Crippen MR) is 104 cm³/mol. The maximum Gasteiger partial charge on any atom is 0.255 e. The molecule has 27 heavy (non-hydrogen) atoms. The number of fused-ring (bicyclic) bond motifs is 1. The van der Waals surface area contributed by atoms with E-state index in [9.17, 15) is 4.79 Å².